The average Bonchev–Trinajstić information content (AvgIpc) is 3.30. The summed E-state index contributed by atoms with van der Waals surface area (Å²) in [6, 6.07) is 6.15. The van der Waals surface area contributed by atoms with E-state index < -0.39 is 40.1 Å². The molecule has 0 unspecified atom stereocenters. The molecule has 6 N–H and O–H groups in total. The molecule has 12 nitrogen and oxygen atoms in total. The minimum Gasteiger partial charge on any atom is -0.398 e. The summed E-state index contributed by atoms with van der Waals surface area (Å²) in [6.07, 6.45) is 0.721. The Morgan fingerprint density at radius 3 is 2.81 bits per heavy atom. The lowest BCUT2D eigenvalue weighted by atomic mass is 10.1. The summed E-state index contributed by atoms with van der Waals surface area (Å²) in [5.41, 5.74) is 12.6. The molecule has 1 aliphatic heterocycles. The monoisotopic (exact) mass is 447 g/mol. The van der Waals surface area contributed by atoms with Gasteiger partial charge in [0.05, 0.1) is 29.9 Å². The molecule has 3 aromatic rings. The van der Waals surface area contributed by atoms with Gasteiger partial charge in [-0.25, -0.2) is 28.1 Å². The van der Waals surface area contributed by atoms with Gasteiger partial charge in [-0.3, -0.25) is 9.36 Å². The number of imidazole rings is 1. The van der Waals surface area contributed by atoms with Crippen molar-refractivity contribution in [3.8, 4) is 0 Å². The molecule has 0 saturated carbocycles. The van der Waals surface area contributed by atoms with Crippen LogP contribution in [-0.2, 0) is 14.8 Å². The molecule has 0 spiro atoms. The Kier molecular flexibility index (Phi) is 5.47. The third-order valence-corrected chi connectivity index (χ3v) is 6.30. The van der Waals surface area contributed by atoms with Crippen molar-refractivity contribution in [2.75, 3.05) is 17.2 Å². The zero-order chi connectivity index (χ0) is 22.2. The van der Waals surface area contributed by atoms with Crippen molar-refractivity contribution in [3.05, 3.63) is 42.5 Å². The van der Waals surface area contributed by atoms with Crippen molar-refractivity contribution in [1.29, 1.82) is 0 Å². The van der Waals surface area contributed by atoms with Gasteiger partial charge in [0.25, 0.3) is 5.91 Å². The van der Waals surface area contributed by atoms with Crippen LogP contribution < -0.4 is 16.2 Å². The first-order chi connectivity index (χ1) is 14.7. The number of nitrogens with zero attached hydrogens (tertiary/aromatic N) is 4. The SMILES string of the molecule is Nc1ccccc1C(=O)NS(=O)(=O)CC[C@H]1O[C@@H](n2cnc3c(N)ncnc32)C[C@@H]1O. The first-order valence-electron chi connectivity index (χ1n) is 9.41. The number of aromatic nitrogens is 4. The molecule has 1 fully saturated rings. The molecule has 0 aliphatic carbocycles. The van der Waals surface area contributed by atoms with E-state index in [4.69, 9.17) is 16.2 Å². The van der Waals surface area contributed by atoms with Crippen molar-refractivity contribution in [2.24, 2.45) is 0 Å². The van der Waals surface area contributed by atoms with Crippen LogP contribution in [0.3, 0.4) is 0 Å². The lowest BCUT2D eigenvalue weighted by molar-refractivity contribution is -0.0179. The Morgan fingerprint density at radius 1 is 1.26 bits per heavy atom. The van der Waals surface area contributed by atoms with Gasteiger partial charge >= 0.3 is 0 Å². The fourth-order valence-corrected chi connectivity index (χ4v) is 4.49. The van der Waals surface area contributed by atoms with Gasteiger partial charge in [0.15, 0.2) is 11.5 Å². The summed E-state index contributed by atoms with van der Waals surface area (Å²) in [6.45, 7) is 0. The van der Waals surface area contributed by atoms with Crippen LogP contribution in [0.1, 0.15) is 29.4 Å². The molecule has 2 aromatic heterocycles. The number of hydrogen-bond donors (Lipinski definition) is 4. The molecule has 1 saturated heterocycles. The molecule has 1 aliphatic rings. The van der Waals surface area contributed by atoms with Gasteiger partial charge in [0.1, 0.15) is 18.1 Å². The van der Waals surface area contributed by atoms with Crippen LogP contribution in [0.5, 0.6) is 0 Å². The molecule has 4 rings (SSSR count). The van der Waals surface area contributed by atoms with E-state index in [9.17, 15) is 18.3 Å². The topological polar surface area (TPSA) is 188 Å². The summed E-state index contributed by atoms with van der Waals surface area (Å²) in [7, 11) is -3.97. The van der Waals surface area contributed by atoms with E-state index in [0.717, 1.165) is 0 Å². The van der Waals surface area contributed by atoms with Gasteiger partial charge in [-0.1, -0.05) is 12.1 Å². The van der Waals surface area contributed by atoms with Crippen LogP contribution in [0.25, 0.3) is 11.2 Å². The van der Waals surface area contributed by atoms with Crippen LogP contribution in [-0.4, -0.2) is 56.9 Å². The molecular weight excluding hydrogens is 426 g/mol. The standard InChI is InChI=1S/C18H21N7O5S/c19-11-4-2-1-3-10(11)18(27)24-31(28,29)6-5-13-12(26)7-14(30-13)25-9-23-15-16(20)21-8-22-17(15)25/h1-4,8-9,12-14,26H,5-7,19H2,(H,24,27)(H2,20,21,22)/t12-,13+,14+/m0/s1. The Hall–Kier alpha value is -3.29. The highest BCUT2D eigenvalue weighted by Crippen LogP contribution is 2.32. The molecule has 3 atom stereocenters. The number of fused-ring (bicyclic) bond motifs is 1. The number of nitrogens with one attached hydrogen (secondary N) is 1. The van der Waals surface area contributed by atoms with Crippen molar-refractivity contribution < 1.29 is 23.1 Å². The third-order valence-electron chi connectivity index (χ3n) is 5.03. The van der Waals surface area contributed by atoms with E-state index >= 15 is 0 Å². The van der Waals surface area contributed by atoms with Crippen LogP contribution in [0.4, 0.5) is 11.5 Å². The summed E-state index contributed by atoms with van der Waals surface area (Å²) < 4.78 is 34.2. The number of anilines is 2. The third kappa shape index (κ3) is 4.28. The lowest BCUT2D eigenvalue weighted by Gasteiger charge is -2.16. The average molecular weight is 447 g/mol. The number of carbonyl (C=O) groups excluding carboxylic acids is 1. The number of ether oxygens (including phenoxy) is 1. The fourth-order valence-electron chi connectivity index (χ4n) is 3.45. The number of benzene rings is 1. The second-order valence-electron chi connectivity index (χ2n) is 7.14. The predicted molar refractivity (Wildman–Crippen MR) is 111 cm³/mol. The van der Waals surface area contributed by atoms with Crippen molar-refractivity contribution in [1.82, 2.24) is 24.2 Å². The largest absolute Gasteiger partial charge is 0.398 e. The number of para-hydroxylation sites is 1. The first kappa shape index (κ1) is 21.0. The summed E-state index contributed by atoms with van der Waals surface area (Å²) in [4.78, 5) is 24.4. The smallest absolute Gasteiger partial charge is 0.266 e. The maximum atomic E-state index is 12.4. The highest BCUT2D eigenvalue weighted by atomic mass is 32.2. The zero-order valence-electron chi connectivity index (χ0n) is 16.2. The van der Waals surface area contributed by atoms with Gasteiger partial charge in [-0.2, -0.15) is 0 Å². The number of amides is 1. The maximum Gasteiger partial charge on any atom is 0.266 e. The minimum absolute atomic E-state index is 0.0195. The van der Waals surface area contributed by atoms with Gasteiger partial charge in [0, 0.05) is 12.1 Å². The number of hydrogen-bond acceptors (Lipinski definition) is 10. The molecule has 164 valence electrons. The molecule has 3 heterocycles. The van der Waals surface area contributed by atoms with Gasteiger partial charge < -0.3 is 21.3 Å². The van der Waals surface area contributed by atoms with E-state index in [-0.39, 0.29) is 29.9 Å². The quantitative estimate of drug-likeness (QED) is 0.368. The van der Waals surface area contributed by atoms with E-state index in [2.05, 4.69) is 15.0 Å². The number of aliphatic hydroxyl groups is 1. The Balaban J connectivity index is 1.40. The molecule has 1 aromatic carbocycles. The number of aliphatic hydroxyl groups excluding tert-OH is 1. The van der Waals surface area contributed by atoms with Crippen LogP contribution in [0, 0.1) is 0 Å². The second-order valence-corrected chi connectivity index (χ2v) is 8.98. The zero-order valence-corrected chi connectivity index (χ0v) is 17.1. The number of carbonyl (C=O) groups is 1. The molecular formula is C18H21N7O5S. The second kappa shape index (κ2) is 8.09. The van der Waals surface area contributed by atoms with E-state index in [1.807, 2.05) is 4.72 Å². The molecule has 31 heavy (non-hydrogen) atoms. The van der Waals surface area contributed by atoms with Gasteiger partial charge in [-0.15, -0.1) is 0 Å². The van der Waals surface area contributed by atoms with Crippen molar-refractivity contribution in [2.45, 2.75) is 31.3 Å². The van der Waals surface area contributed by atoms with Crippen molar-refractivity contribution >= 4 is 38.6 Å². The summed E-state index contributed by atoms with van der Waals surface area (Å²) in [5, 5.41) is 10.4. The number of nitrogens with two attached hydrogens (primary N) is 2. The minimum atomic E-state index is -3.97. The summed E-state index contributed by atoms with van der Waals surface area (Å²) >= 11 is 0. The first-order valence-corrected chi connectivity index (χ1v) is 11.1. The van der Waals surface area contributed by atoms with Crippen LogP contribution in [0.15, 0.2) is 36.9 Å². The van der Waals surface area contributed by atoms with Gasteiger partial charge in [-0.05, 0) is 18.6 Å². The molecule has 13 heteroatoms. The van der Waals surface area contributed by atoms with E-state index in [1.54, 1.807) is 16.7 Å². The molecule has 0 radical (unpaired) electrons. The van der Waals surface area contributed by atoms with Crippen LogP contribution in [0.2, 0.25) is 0 Å². The van der Waals surface area contributed by atoms with E-state index in [0.29, 0.717) is 11.2 Å². The molecule has 1 amide bonds. The Labute approximate surface area is 177 Å². The lowest BCUT2D eigenvalue weighted by Crippen LogP contribution is -2.35. The number of sulfonamides is 1. The van der Waals surface area contributed by atoms with E-state index in [1.165, 1.54) is 24.8 Å². The Bertz CT molecular complexity index is 1230. The molecule has 0 bridgehead atoms. The number of rotatable bonds is 6. The predicted octanol–water partition coefficient (Wildman–Crippen LogP) is -0.211. The fraction of sp³-hybridized carbons (Fsp3) is 0.333. The highest BCUT2D eigenvalue weighted by molar-refractivity contribution is 7.90. The van der Waals surface area contributed by atoms with Gasteiger partial charge in [0.2, 0.25) is 10.0 Å². The van der Waals surface area contributed by atoms with Crippen molar-refractivity contribution in [3.63, 3.8) is 0 Å². The van der Waals surface area contributed by atoms with Crippen LogP contribution >= 0.6 is 0 Å². The summed E-state index contributed by atoms with van der Waals surface area (Å²) in [5.74, 6) is -1.01. The highest BCUT2D eigenvalue weighted by Gasteiger charge is 2.36. The normalized spacial score (nSPS) is 21.4. The maximum absolute atomic E-state index is 12.4. The number of nitrogen functional groups attached to an aromatic ring is 2. The Morgan fingerprint density at radius 2 is 2.03 bits per heavy atom.